The highest BCUT2D eigenvalue weighted by Crippen LogP contribution is 2.27. The van der Waals surface area contributed by atoms with Gasteiger partial charge in [0.05, 0.1) is 25.8 Å². The fourth-order valence-electron chi connectivity index (χ4n) is 3.08. The third-order valence-corrected chi connectivity index (χ3v) is 4.46. The molecule has 0 fully saturated rings. The van der Waals surface area contributed by atoms with Gasteiger partial charge in [0.25, 0.3) is 0 Å². The van der Waals surface area contributed by atoms with Crippen molar-refractivity contribution in [2.24, 2.45) is 0 Å². The number of benzene rings is 2. The third kappa shape index (κ3) is 3.04. The van der Waals surface area contributed by atoms with Crippen LogP contribution in [0.15, 0.2) is 63.6 Å². The summed E-state index contributed by atoms with van der Waals surface area (Å²) in [5.74, 6) is 1.37. The lowest BCUT2D eigenvalue weighted by atomic mass is 10.1. The number of nitrogens with one attached hydrogen (secondary N) is 1. The zero-order valence-electron chi connectivity index (χ0n) is 14.6. The van der Waals surface area contributed by atoms with Crippen LogP contribution in [0.5, 0.6) is 5.75 Å². The minimum atomic E-state index is -0.215. The number of carbonyl (C=O) groups is 1. The van der Waals surface area contributed by atoms with Crippen LogP contribution in [-0.4, -0.2) is 13.0 Å². The molecule has 0 spiro atoms. The monoisotopic (exact) mass is 349 g/mol. The van der Waals surface area contributed by atoms with Crippen LogP contribution in [-0.2, 0) is 11.2 Å². The normalized spacial score (nSPS) is 12.4. The van der Waals surface area contributed by atoms with E-state index < -0.39 is 0 Å². The van der Waals surface area contributed by atoms with Crippen LogP contribution in [0.4, 0.5) is 0 Å². The van der Waals surface area contributed by atoms with E-state index in [9.17, 15) is 4.79 Å². The smallest absolute Gasteiger partial charge is 0.225 e. The second kappa shape index (κ2) is 6.59. The third-order valence-electron chi connectivity index (χ3n) is 4.46. The summed E-state index contributed by atoms with van der Waals surface area (Å²) in [4.78, 5) is 12.5. The molecular formula is C21H19NO4. The molecule has 5 heteroatoms. The molecule has 0 bridgehead atoms. The van der Waals surface area contributed by atoms with Gasteiger partial charge in [-0.2, -0.15) is 0 Å². The second-order valence-electron chi connectivity index (χ2n) is 6.28. The molecule has 1 unspecified atom stereocenters. The van der Waals surface area contributed by atoms with E-state index in [1.807, 2.05) is 55.5 Å². The first-order valence-electron chi connectivity index (χ1n) is 8.46. The van der Waals surface area contributed by atoms with E-state index in [-0.39, 0.29) is 18.4 Å². The standard InChI is InChI=1S/C21H19NO4/c1-13(19-9-14-5-3-4-6-18(14)26-19)22-21(23)10-15-12-25-20-11-16(24-2)7-8-17(15)20/h3-9,11-13H,10H2,1-2H3,(H,22,23). The first-order valence-corrected chi connectivity index (χ1v) is 8.46. The van der Waals surface area contributed by atoms with Crippen molar-refractivity contribution in [2.45, 2.75) is 19.4 Å². The van der Waals surface area contributed by atoms with E-state index in [1.165, 1.54) is 0 Å². The molecule has 132 valence electrons. The zero-order valence-corrected chi connectivity index (χ0v) is 14.6. The number of methoxy groups -OCH3 is 1. The van der Waals surface area contributed by atoms with Crippen LogP contribution in [0.2, 0.25) is 0 Å². The van der Waals surface area contributed by atoms with E-state index in [1.54, 1.807) is 13.4 Å². The molecule has 0 saturated carbocycles. The second-order valence-corrected chi connectivity index (χ2v) is 6.28. The van der Waals surface area contributed by atoms with Crippen LogP contribution in [0.3, 0.4) is 0 Å². The van der Waals surface area contributed by atoms with Gasteiger partial charge in [-0.25, -0.2) is 0 Å². The molecule has 4 aromatic rings. The topological polar surface area (TPSA) is 64.6 Å². The summed E-state index contributed by atoms with van der Waals surface area (Å²) < 4.78 is 16.5. The van der Waals surface area contributed by atoms with Gasteiger partial charge in [-0.15, -0.1) is 0 Å². The molecule has 2 aromatic heterocycles. The van der Waals surface area contributed by atoms with Crippen LogP contribution < -0.4 is 10.1 Å². The summed E-state index contributed by atoms with van der Waals surface area (Å²) in [5, 5.41) is 4.92. The average molecular weight is 349 g/mol. The van der Waals surface area contributed by atoms with E-state index in [0.717, 1.165) is 33.4 Å². The molecule has 2 heterocycles. The van der Waals surface area contributed by atoms with Gasteiger partial charge in [0.2, 0.25) is 5.91 Å². The molecule has 0 aliphatic heterocycles. The molecule has 1 amide bonds. The van der Waals surface area contributed by atoms with Gasteiger partial charge in [-0.05, 0) is 31.2 Å². The minimum absolute atomic E-state index is 0.0866. The lowest BCUT2D eigenvalue weighted by Crippen LogP contribution is -2.27. The molecule has 26 heavy (non-hydrogen) atoms. The lowest BCUT2D eigenvalue weighted by molar-refractivity contribution is -0.121. The van der Waals surface area contributed by atoms with Crippen LogP contribution in [0, 0.1) is 0 Å². The Bertz CT molecular complexity index is 1040. The first kappa shape index (κ1) is 16.3. The van der Waals surface area contributed by atoms with Crippen molar-refractivity contribution in [3.05, 3.63) is 66.1 Å². The fourth-order valence-corrected chi connectivity index (χ4v) is 3.08. The van der Waals surface area contributed by atoms with Crippen molar-refractivity contribution in [3.63, 3.8) is 0 Å². The predicted molar refractivity (Wildman–Crippen MR) is 99.2 cm³/mol. The van der Waals surface area contributed by atoms with Gasteiger partial charge >= 0.3 is 0 Å². The molecular weight excluding hydrogens is 330 g/mol. The number of amides is 1. The molecule has 5 nitrogen and oxygen atoms in total. The summed E-state index contributed by atoms with van der Waals surface area (Å²) in [7, 11) is 1.61. The largest absolute Gasteiger partial charge is 0.497 e. The molecule has 1 N–H and O–H groups in total. The van der Waals surface area contributed by atoms with Crippen LogP contribution in [0.25, 0.3) is 21.9 Å². The maximum Gasteiger partial charge on any atom is 0.225 e. The van der Waals surface area contributed by atoms with E-state index >= 15 is 0 Å². The van der Waals surface area contributed by atoms with E-state index in [0.29, 0.717) is 5.58 Å². The molecule has 0 aliphatic carbocycles. The van der Waals surface area contributed by atoms with Crippen molar-refractivity contribution >= 4 is 27.8 Å². The van der Waals surface area contributed by atoms with Crippen molar-refractivity contribution in [1.82, 2.24) is 5.32 Å². The van der Waals surface area contributed by atoms with Gasteiger partial charge in [0.1, 0.15) is 22.7 Å². The summed E-state index contributed by atoms with van der Waals surface area (Å²) in [5.41, 5.74) is 2.37. The Morgan fingerprint density at radius 1 is 1.15 bits per heavy atom. The number of furan rings is 2. The Morgan fingerprint density at radius 2 is 2.00 bits per heavy atom. The molecule has 4 rings (SSSR count). The number of hydrogen-bond acceptors (Lipinski definition) is 4. The van der Waals surface area contributed by atoms with Gasteiger partial charge in [0.15, 0.2) is 0 Å². The summed E-state index contributed by atoms with van der Waals surface area (Å²) in [6.07, 6.45) is 1.86. The highest BCUT2D eigenvalue weighted by atomic mass is 16.5. The average Bonchev–Trinajstić information content (AvgIpc) is 3.25. The van der Waals surface area contributed by atoms with Crippen molar-refractivity contribution < 1.29 is 18.4 Å². The quantitative estimate of drug-likeness (QED) is 0.571. The molecule has 0 aliphatic rings. The van der Waals surface area contributed by atoms with Gasteiger partial charge < -0.3 is 18.9 Å². The van der Waals surface area contributed by atoms with Crippen molar-refractivity contribution in [3.8, 4) is 5.75 Å². The number of para-hydroxylation sites is 1. The highest BCUT2D eigenvalue weighted by Gasteiger charge is 2.16. The number of fused-ring (bicyclic) bond motifs is 2. The molecule has 0 saturated heterocycles. The van der Waals surface area contributed by atoms with Crippen molar-refractivity contribution in [1.29, 1.82) is 0 Å². The first-order chi connectivity index (χ1) is 12.6. The Hall–Kier alpha value is -3.21. The Morgan fingerprint density at radius 3 is 2.81 bits per heavy atom. The minimum Gasteiger partial charge on any atom is -0.497 e. The Labute approximate surface area is 150 Å². The number of rotatable bonds is 5. The number of carbonyl (C=O) groups excluding carboxylic acids is 1. The maximum absolute atomic E-state index is 12.5. The van der Waals surface area contributed by atoms with E-state index in [4.69, 9.17) is 13.6 Å². The van der Waals surface area contributed by atoms with Crippen molar-refractivity contribution in [2.75, 3.05) is 7.11 Å². The number of hydrogen-bond donors (Lipinski definition) is 1. The Balaban J connectivity index is 1.48. The molecule has 1 atom stereocenters. The SMILES string of the molecule is COc1ccc2c(CC(=O)NC(C)c3cc4ccccc4o3)coc2c1. The molecule has 0 radical (unpaired) electrons. The zero-order chi connectivity index (χ0) is 18.1. The predicted octanol–water partition coefficient (Wildman–Crippen LogP) is 4.61. The van der Waals surface area contributed by atoms with Gasteiger partial charge in [0, 0.05) is 22.4 Å². The van der Waals surface area contributed by atoms with Gasteiger partial charge in [-0.1, -0.05) is 18.2 Å². The maximum atomic E-state index is 12.5. The Kier molecular flexibility index (Phi) is 4.13. The van der Waals surface area contributed by atoms with Crippen LogP contribution >= 0.6 is 0 Å². The summed E-state index contributed by atoms with van der Waals surface area (Å²) in [6, 6.07) is 15.1. The fraction of sp³-hybridized carbons (Fsp3) is 0.190. The summed E-state index contributed by atoms with van der Waals surface area (Å²) in [6.45, 7) is 1.91. The van der Waals surface area contributed by atoms with E-state index in [2.05, 4.69) is 5.32 Å². The highest BCUT2D eigenvalue weighted by molar-refractivity contribution is 5.88. The number of ether oxygens (including phenoxy) is 1. The molecule has 2 aromatic carbocycles. The summed E-state index contributed by atoms with van der Waals surface area (Å²) >= 11 is 0. The van der Waals surface area contributed by atoms with Crippen LogP contribution in [0.1, 0.15) is 24.3 Å². The van der Waals surface area contributed by atoms with Gasteiger partial charge in [-0.3, -0.25) is 4.79 Å². The lowest BCUT2D eigenvalue weighted by Gasteiger charge is -2.11.